The number of nitriles is 1. The molecule has 0 bridgehead atoms. The summed E-state index contributed by atoms with van der Waals surface area (Å²) in [5.41, 5.74) is 0.234. The van der Waals surface area contributed by atoms with Gasteiger partial charge in [0.1, 0.15) is 0 Å². The first-order chi connectivity index (χ1) is 8.71. The van der Waals surface area contributed by atoms with Gasteiger partial charge in [0.15, 0.2) is 0 Å². The molecular formula is C14H20N2O2. The van der Waals surface area contributed by atoms with E-state index in [9.17, 15) is 15.5 Å². The molecule has 1 unspecified atom stereocenters. The van der Waals surface area contributed by atoms with E-state index in [2.05, 4.69) is 11.4 Å². The van der Waals surface area contributed by atoms with Gasteiger partial charge in [0, 0.05) is 6.54 Å². The Morgan fingerprint density at radius 1 is 1.28 bits per heavy atom. The number of aliphatic hydroxyl groups excluding tert-OH is 2. The highest BCUT2D eigenvalue weighted by atomic mass is 16.3. The van der Waals surface area contributed by atoms with Crippen LogP contribution >= 0.6 is 0 Å². The molecule has 4 nitrogen and oxygen atoms in total. The second-order valence-corrected chi connectivity index (χ2v) is 4.42. The standard InChI is InChI=1S/C14H20N2O2/c1-2-14(10-17,11-18)16-9-13(8-15)12-6-4-3-5-7-12/h3-7,13,16-18H,2,9-11H2,1H3. The van der Waals surface area contributed by atoms with E-state index >= 15 is 0 Å². The quantitative estimate of drug-likeness (QED) is 0.673. The molecule has 1 aromatic rings. The molecule has 0 aliphatic heterocycles. The molecule has 4 heteroatoms. The highest BCUT2D eigenvalue weighted by Crippen LogP contribution is 2.16. The molecule has 0 spiro atoms. The van der Waals surface area contributed by atoms with Gasteiger partial charge >= 0.3 is 0 Å². The average Bonchev–Trinajstić information content (AvgIpc) is 2.45. The largest absolute Gasteiger partial charge is 0.394 e. The van der Waals surface area contributed by atoms with Gasteiger partial charge in [-0.15, -0.1) is 0 Å². The molecule has 0 heterocycles. The van der Waals surface area contributed by atoms with Gasteiger partial charge in [-0.05, 0) is 12.0 Å². The number of benzene rings is 1. The van der Waals surface area contributed by atoms with Gasteiger partial charge in [-0.2, -0.15) is 5.26 Å². The monoisotopic (exact) mass is 248 g/mol. The van der Waals surface area contributed by atoms with Crippen molar-refractivity contribution in [2.45, 2.75) is 24.8 Å². The van der Waals surface area contributed by atoms with E-state index in [0.29, 0.717) is 13.0 Å². The second-order valence-electron chi connectivity index (χ2n) is 4.42. The van der Waals surface area contributed by atoms with Gasteiger partial charge in [0.05, 0.1) is 30.7 Å². The van der Waals surface area contributed by atoms with E-state index in [0.717, 1.165) is 5.56 Å². The number of rotatable bonds is 7. The van der Waals surface area contributed by atoms with Crippen molar-refractivity contribution in [3.63, 3.8) is 0 Å². The van der Waals surface area contributed by atoms with Crippen LogP contribution in [0.2, 0.25) is 0 Å². The maximum absolute atomic E-state index is 9.33. The summed E-state index contributed by atoms with van der Waals surface area (Å²) in [6.45, 7) is 2.01. The summed E-state index contributed by atoms with van der Waals surface area (Å²) >= 11 is 0. The molecule has 1 atom stereocenters. The molecular weight excluding hydrogens is 228 g/mol. The van der Waals surface area contributed by atoms with Crippen LogP contribution in [0.1, 0.15) is 24.8 Å². The Kier molecular flexibility index (Phi) is 5.79. The SMILES string of the molecule is CCC(CO)(CO)NCC(C#N)c1ccccc1. The first-order valence-electron chi connectivity index (χ1n) is 6.12. The molecule has 0 fully saturated rings. The van der Waals surface area contributed by atoms with E-state index in [1.54, 1.807) is 0 Å². The predicted molar refractivity (Wildman–Crippen MR) is 70.0 cm³/mol. The molecule has 0 amide bonds. The Balaban J connectivity index is 2.69. The molecule has 0 saturated heterocycles. The number of hydrogen-bond acceptors (Lipinski definition) is 4. The lowest BCUT2D eigenvalue weighted by atomic mass is 9.95. The fourth-order valence-electron chi connectivity index (χ4n) is 1.75. The highest BCUT2D eigenvalue weighted by Gasteiger charge is 2.27. The predicted octanol–water partition coefficient (Wildman–Crippen LogP) is 1.02. The molecule has 0 radical (unpaired) electrons. The maximum Gasteiger partial charge on any atom is 0.0837 e. The molecule has 1 rings (SSSR count). The fourth-order valence-corrected chi connectivity index (χ4v) is 1.75. The third-order valence-corrected chi connectivity index (χ3v) is 3.32. The van der Waals surface area contributed by atoms with Crippen molar-refractivity contribution in [1.82, 2.24) is 5.32 Å². The molecule has 98 valence electrons. The summed E-state index contributed by atoms with van der Waals surface area (Å²) in [7, 11) is 0. The zero-order chi connectivity index (χ0) is 13.4. The Hall–Kier alpha value is -1.41. The van der Waals surface area contributed by atoms with Gasteiger partial charge in [-0.3, -0.25) is 0 Å². The number of aliphatic hydroxyl groups is 2. The molecule has 18 heavy (non-hydrogen) atoms. The van der Waals surface area contributed by atoms with Crippen molar-refractivity contribution in [2.24, 2.45) is 0 Å². The van der Waals surface area contributed by atoms with Crippen LogP contribution in [-0.2, 0) is 0 Å². The Bertz CT molecular complexity index is 374. The van der Waals surface area contributed by atoms with Crippen molar-refractivity contribution >= 4 is 0 Å². The van der Waals surface area contributed by atoms with Gasteiger partial charge in [0.25, 0.3) is 0 Å². The van der Waals surface area contributed by atoms with E-state index < -0.39 is 5.54 Å². The second kappa shape index (κ2) is 7.12. The summed E-state index contributed by atoms with van der Waals surface area (Å²) in [5.74, 6) is -0.282. The summed E-state index contributed by atoms with van der Waals surface area (Å²) in [6, 6.07) is 11.7. The molecule has 0 aliphatic carbocycles. The Labute approximate surface area is 108 Å². The number of nitrogens with one attached hydrogen (secondary N) is 1. The van der Waals surface area contributed by atoms with Gasteiger partial charge < -0.3 is 15.5 Å². The van der Waals surface area contributed by atoms with E-state index in [-0.39, 0.29) is 19.1 Å². The third kappa shape index (κ3) is 3.54. The minimum Gasteiger partial charge on any atom is -0.394 e. The van der Waals surface area contributed by atoms with Gasteiger partial charge in [-0.1, -0.05) is 37.3 Å². The lowest BCUT2D eigenvalue weighted by Crippen LogP contribution is -2.52. The molecule has 0 saturated carbocycles. The minimum absolute atomic E-state index is 0.146. The highest BCUT2D eigenvalue weighted by molar-refractivity contribution is 5.25. The normalized spacial score (nSPS) is 13.0. The first kappa shape index (κ1) is 14.7. The molecule has 0 aromatic heterocycles. The zero-order valence-electron chi connectivity index (χ0n) is 10.6. The number of nitrogens with zero attached hydrogens (tertiary/aromatic N) is 1. The van der Waals surface area contributed by atoms with Crippen LogP contribution in [0.25, 0.3) is 0 Å². The lowest BCUT2D eigenvalue weighted by Gasteiger charge is -2.30. The van der Waals surface area contributed by atoms with Crippen LogP contribution in [0.5, 0.6) is 0 Å². The van der Waals surface area contributed by atoms with Crippen molar-refractivity contribution in [2.75, 3.05) is 19.8 Å². The van der Waals surface area contributed by atoms with E-state index in [4.69, 9.17) is 0 Å². The zero-order valence-corrected chi connectivity index (χ0v) is 10.6. The van der Waals surface area contributed by atoms with Crippen LogP contribution in [0.15, 0.2) is 30.3 Å². The van der Waals surface area contributed by atoms with Crippen LogP contribution in [0.4, 0.5) is 0 Å². The Morgan fingerprint density at radius 2 is 1.89 bits per heavy atom. The smallest absolute Gasteiger partial charge is 0.0837 e. The molecule has 3 N–H and O–H groups in total. The van der Waals surface area contributed by atoms with Crippen molar-refractivity contribution < 1.29 is 10.2 Å². The van der Waals surface area contributed by atoms with Crippen molar-refractivity contribution in [3.05, 3.63) is 35.9 Å². The van der Waals surface area contributed by atoms with E-state index in [1.165, 1.54) is 0 Å². The fraction of sp³-hybridized carbons (Fsp3) is 0.500. The molecule has 0 aliphatic rings. The summed E-state index contributed by atoms with van der Waals surface area (Å²) < 4.78 is 0. The summed E-state index contributed by atoms with van der Waals surface area (Å²) in [5, 5.41) is 30.9. The van der Waals surface area contributed by atoms with Crippen LogP contribution < -0.4 is 5.32 Å². The Morgan fingerprint density at radius 3 is 2.33 bits per heavy atom. The van der Waals surface area contributed by atoms with E-state index in [1.807, 2.05) is 37.3 Å². The lowest BCUT2D eigenvalue weighted by molar-refractivity contribution is 0.0876. The minimum atomic E-state index is -0.704. The third-order valence-electron chi connectivity index (χ3n) is 3.32. The van der Waals surface area contributed by atoms with Crippen LogP contribution in [-0.4, -0.2) is 35.5 Å². The van der Waals surface area contributed by atoms with Crippen LogP contribution in [0.3, 0.4) is 0 Å². The van der Waals surface area contributed by atoms with Gasteiger partial charge in [-0.25, -0.2) is 0 Å². The summed E-state index contributed by atoms with van der Waals surface area (Å²) in [6.07, 6.45) is 0.604. The topological polar surface area (TPSA) is 76.3 Å². The van der Waals surface area contributed by atoms with Crippen molar-refractivity contribution in [3.8, 4) is 6.07 Å². The summed E-state index contributed by atoms with van der Waals surface area (Å²) in [4.78, 5) is 0. The number of hydrogen-bond donors (Lipinski definition) is 3. The average molecular weight is 248 g/mol. The van der Waals surface area contributed by atoms with Crippen molar-refractivity contribution in [1.29, 1.82) is 5.26 Å². The molecule has 1 aromatic carbocycles. The van der Waals surface area contributed by atoms with Gasteiger partial charge in [0.2, 0.25) is 0 Å². The van der Waals surface area contributed by atoms with Crippen LogP contribution in [0, 0.1) is 11.3 Å². The first-order valence-corrected chi connectivity index (χ1v) is 6.12. The maximum atomic E-state index is 9.33.